The van der Waals surface area contributed by atoms with Gasteiger partial charge in [-0.3, -0.25) is 0 Å². The second-order valence-electron chi connectivity index (χ2n) is 4.67. The third kappa shape index (κ3) is 3.58. The molecule has 0 bridgehead atoms. The zero-order chi connectivity index (χ0) is 13.7. The van der Waals surface area contributed by atoms with E-state index in [4.69, 9.17) is 10.5 Å². The van der Waals surface area contributed by atoms with Crippen LogP contribution in [0, 0.1) is 0 Å². The van der Waals surface area contributed by atoms with E-state index in [9.17, 15) is 0 Å². The van der Waals surface area contributed by atoms with Crippen LogP contribution in [0.4, 0.5) is 0 Å². The Kier molecular flexibility index (Phi) is 5.00. The molecule has 2 aromatic rings. The van der Waals surface area contributed by atoms with Gasteiger partial charge in [0, 0.05) is 11.6 Å². The molecule has 2 nitrogen and oxygen atoms in total. The maximum atomic E-state index is 6.21. The summed E-state index contributed by atoms with van der Waals surface area (Å²) in [5.41, 5.74) is 8.66. The quantitative estimate of drug-likeness (QED) is 0.859. The molecule has 0 saturated heterocycles. The summed E-state index contributed by atoms with van der Waals surface area (Å²) in [6.45, 7) is 4.24. The second-order valence-corrected chi connectivity index (χ2v) is 5.45. The van der Waals surface area contributed by atoms with Gasteiger partial charge in [0.15, 0.2) is 0 Å². The largest absolute Gasteiger partial charge is 0.484 e. The number of nitrogens with two attached hydrogens (primary N) is 1. The molecule has 0 fully saturated rings. The van der Waals surface area contributed by atoms with Gasteiger partial charge in [0.25, 0.3) is 0 Å². The van der Waals surface area contributed by atoms with Crippen molar-refractivity contribution in [3.05, 3.63) is 52.2 Å². The van der Waals surface area contributed by atoms with Crippen LogP contribution < -0.4 is 10.5 Å². The van der Waals surface area contributed by atoms with E-state index >= 15 is 0 Å². The van der Waals surface area contributed by atoms with E-state index in [1.807, 2.05) is 12.1 Å². The number of ether oxygens (including phenoxy) is 1. The fraction of sp³-hybridized carbons (Fsp3) is 0.375. The highest BCUT2D eigenvalue weighted by Crippen LogP contribution is 2.27. The first kappa shape index (κ1) is 14.1. The van der Waals surface area contributed by atoms with E-state index in [-0.39, 0.29) is 12.1 Å². The molecule has 102 valence electrons. The van der Waals surface area contributed by atoms with Gasteiger partial charge in [0.2, 0.25) is 0 Å². The number of hydrogen-bond acceptors (Lipinski definition) is 3. The molecule has 0 aliphatic rings. The zero-order valence-electron chi connectivity index (χ0n) is 11.5. The summed E-state index contributed by atoms with van der Waals surface area (Å²) in [7, 11) is 0. The molecule has 19 heavy (non-hydrogen) atoms. The van der Waals surface area contributed by atoms with Crippen LogP contribution >= 0.6 is 11.3 Å². The van der Waals surface area contributed by atoms with Crippen LogP contribution in [0.5, 0.6) is 5.75 Å². The molecule has 1 aromatic heterocycles. The second kappa shape index (κ2) is 6.73. The van der Waals surface area contributed by atoms with Crippen LogP contribution in [0.2, 0.25) is 0 Å². The lowest BCUT2D eigenvalue weighted by molar-refractivity contribution is 0.171. The molecule has 1 heterocycles. The lowest BCUT2D eigenvalue weighted by atomic mass is 10.0. The van der Waals surface area contributed by atoms with E-state index in [0.717, 1.165) is 18.6 Å². The van der Waals surface area contributed by atoms with Gasteiger partial charge in [0.05, 0.1) is 0 Å². The molecular weight excluding hydrogens is 254 g/mol. The van der Waals surface area contributed by atoms with Crippen LogP contribution in [0.1, 0.15) is 37.5 Å². The van der Waals surface area contributed by atoms with Gasteiger partial charge in [-0.15, -0.1) is 0 Å². The van der Waals surface area contributed by atoms with Crippen molar-refractivity contribution < 1.29 is 4.74 Å². The molecule has 0 amide bonds. The average molecular weight is 275 g/mol. The highest BCUT2D eigenvalue weighted by molar-refractivity contribution is 7.07. The van der Waals surface area contributed by atoms with Crippen molar-refractivity contribution in [2.24, 2.45) is 5.73 Å². The SMILES string of the molecule is CCc1cccc(OC(c2ccsc2)C(N)CC)c1. The van der Waals surface area contributed by atoms with Gasteiger partial charge in [-0.1, -0.05) is 26.0 Å². The Morgan fingerprint density at radius 1 is 1.26 bits per heavy atom. The van der Waals surface area contributed by atoms with E-state index < -0.39 is 0 Å². The molecule has 0 radical (unpaired) electrons. The summed E-state index contributed by atoms with van der Waals surface area (Å²) >= 11 is 1.68. The maximum absolute atomic E-state index is 6.21. The van der Waals surface area contributed by atoms with E-state index in [0.29, 0.717) is 0 Å². The summed E-state index contributed by atoms with van der Waals surface area (Å²) in [5.74, 6) is 0.902. The normalized spacial score (nSPS) is 14.1. The smallest absolute Gasteiger partial charge is 0.140 e. The lowest BCUT2D eigenvalue weighted by Gasteiger charge is -2.24. The Morgan fingerprint density at radius 3 is 2.74 bits per heavy atom. The van der Waals surface area contributed by atoms with Crippen molar-refractivity contribution in [2.45, 2.75) is 38.8 Å². The molecule has 0 spiro atoms. The number of aryl methyl sites for hydroxylation is 1. The molecular formula is C16H21NOS. The lowest BCUT2D eigenvalue weighted by Crippen LogP contribution is -2.31. The summed E-state index contributed by atoms with van der Waals surface area (Å²) in [6.07, 6.45) is 1.84. The summed E-state index contributed by atoms with van der Waals surface area (Å²) in [5, 5.41) is 4.18. The predicted molar refractivity (Wildman–Crippen MR) is 81.8 cm³/mol. The number of benzene rings is 1. The molecule has 2 N–H and O–H groups in total. The molecule has 2 atom stereocenters. The van der Waals surface area contributed by atoms with Gasteiger partial charge in [-0.2, -0.15) is 11.3 Å². The zero-order valence-corrected chi connectivity index (χ0v) is 12.3. The maximum Gasteiger partial charge on any atom is 0.140 e. The summed E-state index contributed by atoms with van der Waals surface area (Å²) < 4.78 is 6.14. The highest BCUT2D eigenvalue weighted by atomic mass is 32.1. The molecule has 0 saturated carbocycles. The molecule has 3 heteroatoms. The standard InChI is InChI=1S/C16H21NOS/c1-3-12-6-5-7-14(10-12)18-16(15(17)4-2)13-8-9-19-11-13/h5-11,15-16H,3-4,17H2,1-2H3. The van der Waals surface area contributed by atoms with Crippen LogP contribution in [0.3, 0.4) is 0 Å². The number of thiophene rings is 1. The third-order valence-corrected chi connectivity index (χ3v) is 4.00. The van der Waals surface area contributed by atoms with Gasteiger partial charge < -0.3 is 10.5 Å². The number of hydrogen-bond donors (Lipinski definition) is 1. The Labute approximate surface area is 119 Å². The van der Waals surface area contributed by atoms with Crippen molar-refractivity contribution in [1.29, 1.82) is 0 Å². The number of rotatable bonds is 6. The van der Waals surface area contributed by atoms with E-state index in [1.54, 1.807) is 11.3 Å². The van der Waals surface area contributed by atoms with Gasteiger partial charge in [0.1, 0.15) is 11.9 Å². The van der Waals surface area contributed by atoms with Crippen molar-refractivity contribution in [3.63, 3.8) is 0 Å². The summed E-state index contributed by atoms with van der Waals surface area (Å²) in [6, 6.07) is 10.4. The Morgan fingerprint density at radius 2 is 2.11 bits per heavy atom. The van der Waals surface area contributed by atoms with Crippen LogP contribution in [0.25, 0.3) is 0 Å². The topological polar surface area (TPSA) is 35.2 Å². The van der Waals surface area contributed by atoms with E-state index in [1.165, 1.54) is 11.1 Å². The molecule has 0 aliphatic carbocycles. The highest BCUT2D eigenvalue weighted by Gasteiger charge is 2.20. The molecule has 0 aliphatic heterocycles. The van der Waals surface area contributed by atoms with Crippen molar-refractivity contribution in [3.8, 4) is 5.75 Å². The Hall–Kier alpha value is -1.32. The fourth-order valence-electron chi connectivity index (χ4n) is 2.04. The van der Waals surface area contributed by atoms with Crippen molar-refractivity contribution in [2.75, 3.05) is 0 Å². The van der Waals surface area contributed by atoms with E-state index in [2.05, 4.69) is 42.8 Å². The Balaban J connectivity index is 2.20. The van der Waals surface area contributed by atoms with Crippen LogP contribution in [0.15, 0.2) is 41.1 Å². The molecule has 2 rings (SSSR count). The third-order valence-electron chi connectivity index (χ3n) is 3.30. The first-order valence-corrected chi connectivity index (χ1v) is 7.72. The van der Waals surface area contributed by atoms with Crippen LogP contribution in [-0.4, -0.2) is 6.04 Å². The minimum Gasteiger partial charge on any atom is -0.484 e. The average Bonchev–Trinajstić information content (AvgIpc) is 2.98. The van der Waals surface area contributed by atoms with Gasteiger partial charge >= 0.3 is 0 Å². The summed E-state index contributed by atoms with van der Waals surface area (Å²) in [4.78, 5) is 0. The molecule has 1 aromatic carbocycles. The fourth-order valence-corrected chi connectivity index (χ4v) is 2.72. The first-order chi connectivity index (χ1) is 9.24. The first-order valence-electron chi connectivity index (χ1n) is 6.77. The van der Waals surface area contributed by atoms with Crippen molar-refractivity contribution in [1.82, 2.24) is 0 Å². The predicted octanol–water partition coefficient (Wildman–Crippen LogP) is 4.17. The molecule has 2 unspecified atom stereocenters. The van der Waals surface area contributed by atoms with Crippen LogP contribution in [-0.2, 0) is 6.42 Å². The minimum atomic E-state index is -0.0663. The Bertz CT molecular complexity index is 495. The van der Waals surface area contributed by atoms with Gasteiger partial charge in [-0.05, 0) is 47.4 Å². The monoisotopic (exact) mass is 275 g/mol. The van der Waals surface area contributed by atoms with Gasteiger partial charge in [-0.25, -0.2) is 0 Å². The van der Waals surface area contributed by atoms with Crippen molar-refractivity contribution >= 4 is 11.3 Å². The minimum absolute atomic E-state index is 0.0138.